The van der Waals surface area contributed by atoms with Crippen molar-refractivity contribution in [2.45, 2.75) is 51.9 Å². The zero-order valence-electron chi connectivity index (χ0n) is 15.7. The van der Waals surface area contributed by atoms with Gasteiger partial charge in [0.05, 0.1) is 5.69 Å². The third-order valence-corrected chi connectivity index (χ3v) is 4.78. The molecule has 3 rings (SSSR count). The first-order valence-electron chi connectivity index (χ1n) is 9.83. The van der Waals surface area contributed by atoms with E-state index in [1.807, 2.05) is 18.5 Å². The molecule has 0 saturated carbocycles. The molecule has 2 aromatic heterocycles. The molecule has 1 aromatic carbocycles. The van der Waals surface area contributed by atoms with Crippen LogP contribution in [0.25, 0.3) is 22.4 Å². The van der Waals surface area contributed by atoms with Gasteiger partial charge in [0, 0.05) is 29.2 Å². The average Bonchev–Trinajstić information content (AvgIpc) is 2.72. The molecule has 3 aromatic rings. The van der Waals surface area contributed by atoms with Gasteiger partial charge in [-0.1, -0.05) is 75.4 Å². The molecular weight excluding hydrogens is 316 g/mol. The van der Waals surface area contributed by atoms with Crippen molar-refractivity contribution >= 4 is 0 Å². The maximum atomic E-state index is 4.63. The minimum atomic E-state index is 0.975. The molecule has 0 unspecified atom stereocenters. The quantitative estimate of drug-likeness (QED) is 0.403. The number of hydrogen-bond donors (Lipinski definition) is 0. The molecule has 0 amide bonds. The normalized spacial score (nSPS) is 10.8. The van der Waals surface area contributed by atoms with E-state index in [-0.39, 0.29) is 0 Å². The first-order chi connectivity index (χ1) is 12.9. The Hall–Kier alpha value is -2.48. The van der Waals surface area contributed by atoms with E-state index in [0.717, 1.165) is 23.2 Å². The SMILES string of the molecule is CCCCCCCCc1ccc(-c2ccc(-c3ccccc3)cn2)cn1. The Morgan fingerprint density at radius 3 is 2.04 bits per heavy atom. The summed E-state index contributed by atoms with van der Waals surface area (Å²) in [5.74, 6) is 0. The zero-order chi connectivity index (χ0) is 18.0. The molecule has 2 nitrogen and oxygen atoms in total. The van der Waals surface area contributed by atoms with Crippen LogP contribution in [-0.2, 0) is 6.42 Å². The second-order valence-corrected chi connectivity index (χ2v) is 6.85. The molecule has 2 heterocycles. The molecule has 0 aliphatic rings. The zero-order valence-corrected chi connectivity index (χ0v) is 15.7. The lowest BCUT2D eigenvalue weighted by Gasteiger charge is -2.05. The molecule has 0 bridgehead atoms. The fraction of sp³-hybridized carbons (Fsp3) is 0.333. The highest BCUT2D eigenvalue weighted by Gasteiger charge is 2.03. The number of rotatable bonds is 9. The first-order valence-corrected chi connectivity index (χ1v) is 9.83. The highest BCUT2D eigenvalue weighted by molar-refractivity contribution is 5.66. The average molecular weight is 345 g/mol. The number of aromatic nitrogens is 2. The van der Waals surface area contributed by atoms with Gasteiger partial charge in [-0.15, -0.1) is 0 Å². The van der Waals surface area contributed by atoms with Crippen LogP contribution >= 0.6 is 0 Å². The Bertz CT molecular complexity index is 762. The summed E-state index contributed by atoms with van der Waals surface area (Å²) in [6.45, 7) is 2.26. The molecule has 0 saturated heterocycles. The van der Waals surface area contributed by atoms with Crippen molar-refractivity contribution in [3.05, 3.63) is 72.7 Å². The van der Waals surface area contributed by atoms with Crippen molar-refractivity contribution in [3.63, 3.8) is 0 Å². The molecule has 26 heavy (non-hydrogen) atoms. The van der Waals surface area contributed by atoms with Gasteiger partial charge >= 0.3 is 0 Å². The van der Waals surface area contributed by atoms with Gasteiger partial charge in [-0.2, -0.15) is 0 Å². The van der Waals surface area contributed by atoms with E-state index < -0.39 is 0 Å². The summed E-state index contributed by atoms with van der Waals surface area (Å²) in [5.41, 5.74) is 5.57. The summed E-state index contributed by atoms with van der Waals surface area (Å²) in [5, 5.41) is 0. The van der Waals surface area contributed by atoms with E-state index in [9.17, 15) is 0 Å². The monoisotopic (exact) mass is 344 g/mol. The van der Waals surface area contributed by atoms with Gasteiger partial charge in [-0.25, -0.2) is 0 Å². The standard InChI is InChI=1S/C24H28N2/c1-2-3-4-5-6-10-13-23-16-14-22(19-25-23)24-17-15-21(18-26-24)20-11-8-7-9-12-20/h7-9,11-12,14-19H,2-6,10,13H2,1H3. The molecular formula is C24H28N2. The smallest absolute Gasteiger partial charge is 0.0717 e. The lowest BCUT2D eigenvalue weighted by atomic mass is 10.1. The maximum absolute atomic E-state index is 4.63. The summed E-state index contributed by atoms with van der Waals surface area (Å²) in [6.07, 6.45) is 12.9. The topological polar surface area (TPSA) is 25.8 Å². The summed E-state index contributed by atoms with van der Waals surface area (Å²) in [6, 6.07) is 18.8. The fourth-order valence-corrected chi connectivity index (χ4v) is 3.18. The Kier molecular flexibility index (Phi) is 6.95. The van der Waals surface area contributed by atoms with Gasteiger partial charge < -0.3 is 0 Å². The van der Waals surface area contributed by atoms with Crippen LogP contribution in [0.4, 0.5) is 0 Å². The predicted molar refractivity (Wildman–Crippen MR) is 110 cm³/mol. The number of aryl methyl sites for hydroxylation is 1. The van der Waals surface area contributed by atoms with Crippen LogP contribution < -0.4 is 0 Å². The van der Waals surface area contributed by atoms with E-state index in [0.29, 0.717) is 0 Å². The Balaban J connectivity index is 1.55. The van der Waals surface area contributed by atoms with E-state index in [4.69, 9.17) is 0 Å². The van der Waals surface area contributed by atoms with Crippen LogP contribution in [0.3, 0.4) is 0 Å². The maximum Gasteiger partial charge on any atom is 0.0717 e. The molecule has 0 radical (unpaired) electrons. The Labute approximate surface area is 157 Å². The summed E-state index contributed by atoms with van der Waals surface area (Å²) >= 11 is 0. The van der Waals surface area contributed by atoms with E-state index in [1.165, 1.54) is 49.8 Å². The third kappa shape index (κ3) is 5.26. The lowest BCUT2D eigenvalue weighted by Crippen LogP contribution is -1.92. The highest BCUT2D eigenvalue weighted by Crippen LogP contribution is 2.22. The van der Waals surface area contributed by atoms with Crippen molar-refractivity contribution < 1.29 is 0 Å². The van der Waals surface area contributed by atoms with E-state index in [1.54, 1.807) is 0 Å². The fourth-order valence-electron chi connectivity index (χ4n) is 3.18. The summed E-state index contributed by atoms with van der Waals surface area (Å²) in [4.78, 5) is 9.25. The molecule has 0 fully saturated rings. The van der Waals surface area contributed by atoms with Crippen LogP contribution in [0.5, 0.6) is 0 Å². The number of hydrogen-bond acceptors (Lipinski definition) is 2. The van der Waals surface area contributed by atoms with Crippen LogP contribution in [0.15, 0.2) is 67.0 Å². The van der Waals surface area contributed by atoms with Crippen LogP contribution in [0.1, 0.15) is 51.1 Å². The molecule has 0 spiro atoms. The van der Waals surface area contributed by atoms with Gasteiger partial charge in [0.1, 0.15) is 0 Å². The van der Waals surface area contributed by atoms with Crippen molar-refractivity contribution in [1.29, 1.82) is 0 Å². The second-order valence-electron chi connectivity index (χ2n) is 6.85. The largest absolute Gasteiger partial charge is 0.261 e. The molecule has 0 N–H and O–H groups in total. The number of nitrogens with zero attached hydrogens (tertiary/aromatic N) is 2. The van der Waals surface area contributed by atoms with Crippen LogP contribution in [0, 0.1) is 0 Å². The molecule has 2 heteroatoms. The lowest BCUT2D eigenvalue weighted by molar-refractivity contribution is 0.605. The molecule has 0 aliphatic carbocycles. The van der Waals surface area contributed by atoms with Gasteiger partial charge in [0.2, 0.25) is 0 Å². The Morgan fingerprint density at radius 1 is 0.615 bits per heavy atom. The molecule has 0 aliphatic heterocycles. The van der Waals surface area contributed by atoms with Gasteiger partial charge in [0.15, 0.2) is 0 Å². The van der Waals surface area contributed by atoms with Crippen LogP contribution in [0.2, 0.25) is 0 Å². The van der Waals surface area contributed by atoms with Crippen molar-refractivity contribution in [2.24, 2.45) is 0 Å². The summed E-state index contributed by atoms with van der Waals surface area (Å²) in [7, 11) is 0. The van der Waals surface area contributed by atoms with E-state index >= 15 is 0 Å². The summed E-state index contributed by atoms with van der Waals surface area (Å²) < 4.78 is 0. The van der Waals surface area contributed by atoms with E-state index in [2.05, 4.69) is 65.4 Å². The van der Waals surface area contributed by atoms with Gasteiger partial charge in [-0.05, 0) is 36.6 Å². The third-order valence-electron chi connectivity index (χ3n) is 4.78. The highest BCUT2D eigenvalue weighted by atomic mass is 14.7. The van der Waals surface area contributed by atoms with Crippen LogP contribution in [-0.4, -0.2) is 9.97 Å². The Morgan fingerprint density at radius 2 is 1.35 bits per heavy atom. The number of pyridine rings is 2. The second kappa shape index (κ2) is 9.86. The molecule has 134 valence electrons. The van der Waals surface area contributed by atoms with Crippen molar-refractivity contribution in [2.75, 3.05) is 0 Å². The predicted octanol–water partition coefficient (Wildman–Crippen LogP) is 6.71. The van der Waals surface area contributed by atoms with Crippen molar-refractivity contribution in [1.82, 2.24) is 9.97 Å². The van der Waals surface area contributed by atoms with Gasteiger partial charge in [0.25, 0.3) is 0 Å². The van der Waals surface area contributed by atoms with Crippen molar-refractivity contribution in [3.8, 4) is 22.4 Å². The minimum Gasteiger partial charge on any atom is -0.261 e. The number of unbranched alkanes of at least 4 members (excludes halogenated alkanes) is 5. The van der Waals surface area contributed by atoms with Gasteiger partial charge in [-0.3, -0.25) is 9.97 Å². The number of benzene rings is 1. The first kappa shape index (κ1) is 18.3. The minimum absolute atomic E-state index is 0.975. The molecule has 0 atom stereocenters.